The molecule has 0 bridgehead atoms. The highest BCUT2D eigenvalue weighted by atomic mass is 32.1. The highest BCUT2D eigenvalue weighted by molar-refractivity contribution is 7.10. The van der Waals surface area contributed by atoms with Crippen LogP contribution in [0.5, 0.6) is 0 Å². The number of hydrogen-bond acceptors (Lipinski definition) is 5. The number of amides is 1. The molecule has 0 saturated heterocycles. The molecule has 36 heavy (non-hydrogen) atoms. The zero-order valence-electron chi connectivity index (χ0n) is 20.4. The number of rotatable bonds is 8. The van der Waals surface area contributed by atoms with E-state index in [1.165, 1.54) is 11.5 Å². The molecule has 4 aromatic rings. The number of hydrogen-bond donors (Lipinski definition) is 2. The van der Waals surface area contributed by atoms with Gasteiger partial charge in [0.1, 0.15) is 6.10 Å². The van der Waals surface area contributed by atoms with Gasteiger partial charge in [0.2, 0.25) is 0 Å². The average Bonchev–Trinajstić information content (AvgIpc) is 3.25. The van der Waals surface area contributed by atoms with Gasteiger partial charge in [-0.1, -0.05) is 85.8 Å². The van der Waals surface area contributed by atoms with E-state index in [0.717, 1.165) is 38.4 Å². The number of benzene rings is 3. The molecule has 0 aliphatic carbocycles. The second-order valence-electron chi connectivity index (χ2n) is 8.55. The van der Waals surface area contributed by atoms with Crippen LogP contribution in [0.25, 0.3) is 21.6 Å². The van der Waals surface area contributed by atoms with Crippen LogP contribution in [-0.4, -0.2) is 21.5 Å². The van der Waals surface area contributed by atoms with Crippen LogP contribution in [0.1, 0.15) is 49.1 Å². The van der Waals surface area contributed by atoms with Crippen molar-refractivity contribution in [1.82, 2.24) is 4.37 Å². The van der Waals surface area contributed by atoms with E-state index in [4.69, 9.17) is 4.74 Å². The third-order valence-corrected chi connectivity index (χ3v) is 7.13. The maximum absolute atomic E-state index is 12.6. The van der Waals surface area contributed by atoms with E-state index in [2.05, 4.69) is 9.69 Å². The van der Waals surface area contributed by atoms with E-state index in [9.17, 15) is 14.7 Å². The first-order chi connectivity index (χ1) is 17.4. The molecule has 7 heteroatoms. The molecule has 0 fully saturated rings. The van der Waals surface area contributed by atoms with Gasteiger partial charge in [-0.05, 0) is 59.6 Å². The van der Waals surface area contributed by atoms with E-state index in [1.54, 1.807) is 0 Å². The van der Waals surface area contributed by atoms with E-state index in [-0.39, 0.29) is 6.10 Å². The fraction of sp³-hybridized carbons (Fsp3) is 0.207. The van der Waals surface area contributed by atoms with Gasteiger partial charge in [0, 0.05) is 0 Å². The third kappa shape index (κ3) is 5.63. The first-order valence-electron chi connectivity index (χ1n) is 11.8. The molecule has 4 rings (SSSR count). The molecule has 0 aliphatic rings. The van der Waals surface area contributed by atoms with Gasteiger partial charge in [0.05, 0.1) is 22.2 Å². The molecule has 0 aliphatic heterocycles. The van der Waals surface area contributed by atoms with Crippen molar-refractivity contribution in [1.29, 1.82) is 0 Å². The predicted octanol–water partition coefficient (Wildman–Crippen LogP) is 7.67. The third-order valence-electron chi connectivity index (χ3n) is 6.14. The van der Waals surface area contributed by atoms with Crippen LogP contribution < -0.4 is 5.32 Å². The molecule has 1 amide bonds. The number of anilines is 1. The van der Waals surface area contributed by atoms with E-state index in [1.807, 2.05) is 99.6 Å². The molecule has 1 heterocycles. The number of nitrogens with one attached hydrogen (secondary N) is 1. The predicted molar refractivity (Wildman–Crippen MR) is 143 cm³/mol. The molecule has 0 saturated carbocycles. The summed E-state index contributed by atoms with van der Waals surface area (Å²) < 4.78 is 10.0. The van der Waals surface area contributed by atoms with Crippen molar-refractivity contribution in [2.24, 2.45) is 0 Å². The van der Waals surface area contributed by atoms with Crippen LogP contribution in [0.4, 0.5) is 10.5 Å². The van der Waals surface area contributed by atoms with Gasteiger partial charge in [-0.3, -0.25) is 10.1 Å². The summed E-state index contributed by atoms with van der Waals surface area (Å²) in [5.41, 5.74) is 6.04. The number of carboxylic acids is 1. The molecule has 6 nitrogen and oxygen atoms in total. The monoisotopic (exact) mass is 500 g/mol. The normalized spacial score (nSPS) is 12.5. The molecule has 0 unspecified atom stereocenters. The maximum atomic E-state index is 12.6. The van der Waals surface area contributed by atoms with Gasteiger partial charge in [-0.15, -0.1) is 0 Å². The fourth-order valence-corrected chi connectivity index (χ4v) is 4.92. The Bertz CT molecular complexity index is 1330. The zero-order valence-corrected chi connectivity index (χ0v) is 21.2. The number of aryl methyl sites for hydroxylation is 1. The number of aromatic nitrogens is 1. The Hall–Kier alpha value is -3.97. The minimum atomic E-state index is -0.808. The largest absolute Gasteiger partial charge is 0.481 e. The Morgan fingerprint density at radius 3 is 2.08 bits per heavy atom. The maximum Gasteiger partial charge on any atom is 0.412 e. The van der Waals surface area contributed by atoms with Crippen molar-refractivity contribution in [2.45, 2.75) is 39.2 Å². The molecule has 2 N–H and O–H groups in total. The standard InChI is InChI=1S/C29H28N2O4S/c1-4-25(28(32)33)23-14-10-21(11-15-23)22-12-16-24(17-13-22)27-26(18(2)31-36-27)30-29(34)35-19(3)20-8-6-5-7-9-20/h5-17,19,25H,4H2,1-3H3,(H,30,34)(H,32,33)/t19-,25+/m1/s1. The number of nitrogens with zero attached hydrogens (tertiary/aromatic N) is 1. The highest BCUT2D eigenvalue weighted by Gasteiger charge is 2.19. The van der Waals surface area contributed by atoms with Crippen molar-refractivity contribution in [2.75, 3.05) is 5.32 Å². The van der Waals surface area contributed by atoms with Gasteiger partial charge >= 0.3 is 12.1 Å². The summed E-state index contributed by atoms with van der Waals surface area (Å²) in [5, 5.41) is 12.3. The van der Waals surface area contributed by atoms with E-state index in [0.29, 0.717) is 12.1 Å². The van der Waals surface area contributed by atoms with Crippen molar-refractivity contribution >= 4 is 29.3 Å². The molecule has 1 aromatic heterocycles. The van der Waals surface area contributed by atoms with E-state index >= 15 is 0 Å². The number of carbonyl (C=O) groups excluding carboxylic acids is 1. The summed E-state index contributed by atoms with van der Waals surface area (Å²) in [7, 11) is 0. The molecule has 0 radical (unpaired) electrons. The number of ether oxygens (including phenoxy) is 1. The fourth-order valence-electron chi connectivity index (χ4n) is 4.07. The van der Waals surface area contributed by atoms with Crippen LogP contribution in [0.2, 0.25) is 0 Å². The van der Waals surface area contributed by atoms with Crippen LogP contribution in [-0.2, 0) is 9.53 Å². The zero-order chi connectivity index (χ0) is 25.7. The first-order valence-corrected chi connectivity index (χ1v) is 12.6. The Labute approximate surface area is 214 Å². The van der Waals surface area contributed by atoms with Gasteiger partial charge in [-0.2, -0.15) is 4.37 Å². The number of carboxylic acid groups (broad SMARTS) is 1. The van der Waals surface area contributed by atoms with Crippen molar-refractivity contribution in [3.63, 3.8) is 0 Å². The second-order valence-corrected chi connectivity index (χ2v) is 9.33. The van der Waals surface area contributed by atoms with Gasteiger partial charge in [0.25, 0.3) is 0 Å². The van der Waals surface area contributed by atoms with Crippen LogP contribution in [0.15, 0.2) is 78.9 Å². The lowest BCUT2D eigenvalue weighted by Crippen LogP contribution is -2.16. The summed E-state index contributed by atoms with van der Waals surface area (Å²) in [6.07, 6.45) is -0.359. The summed E-state index contributed by atoms with van der Waals surface area (Å²) in [4.78, 5) is 24.9. The summed E-state index contributed by atoms with van der Waals surface area (Å²) in [6.45, 7) is 5.57. The summed E-state index contributed by atoms with van der Waals surface area (Å²) in [6, 6.07) is 25.2. The summed E-state index contributed by atoms with van der Waals surface area (Å²) in [5.74, 6) is -1.30. The molecular weight excluding hydrogens is 472 g/mol. The minimum absolute atomic E-state index is 0.379. The summed E-state index contributed by atoms with van der Waals surface area (Å²) >= 11 is 1.32. The molecule has 3 aromatic carbocycles. The molecule has 0 spiro atoms. The van der Waals surface area contributed by atoms with E-state index < -0.39 is 18.0 Å². The Morgan fingerprint density at radius 1 is 0.917 bits per heavy atom. The van der Waals surface area contributed by atoms with Crippen molar-refractivity contribution in [3.05, 3.63) is 95.7 Å². The van der Waals surface area contributed by atoms with Crippen molar-refractivity contribution in [3.8, 4) is 21.6 Å². The topological polar surface area (TPSA) is 88.5 Å². The number of carbonyl (C=O) groups is 2. The lowest BCUT2D eigenvalue weighted by Gasteiger charge is -2.15. The Kier molecular flexibility index (Phi) is 7.80. The first kappa shape index (κ1) is 25.1. The minimum Gasteiger partial charge on any atom is -0.481 e. The SMILES string of the molecule is CC[C@H](C(=O)O)c1ccc(-c2ccc(-c3snc(C)c3NC(=O)O[C@H](C)c3ccccc3)cc2)cc1. The molecular formula is C29H28N2O4S. The second kappa shape index (κ2) is 11.2. The average molecular weight is 501 g/mol. The lowest BCUT2D eigenvalue weighted by molar-refractivity contribution is -0.138. The molecule has 184 valence electrons. The highest BCUT2D eigenvalue weighted by Crippen LogP contribution is 2.36. The smallest absolute Gasteiger partial charge is 0.412 e. The molecule has 2 atom stereocenters. The Balaban J connectivity index is 1.48. The lowest BCUT2D eigenvalue weighted by atomic mass is 9.94. The van der Waals surface area contributed by atoms with Gasteiger partial charge < -0.3 is 9.84 Å². The van der Waals surface area contributed by atoms with Crippen LogP contribution in [0, 0.1) is 6.92 Å². The van der Waals surface area contributed by atoms with Crippen molar-refractivity contribution < 1.29 is 19.4 Å². The van der Waals surface area contributed by atoms with Gasteiger partial charge in [-0.25, -0.2) is 4.79 Å². The number of aliphatic carboxylic acids is 1. The quantitative estimate of drug-likeness (QED) is 0.259. The Morgan fingerprint density at radius 2 is 1.50 bits per heavy atom. The van der Waals surface area contributed by atoms with Gasteiger partial charge in [0.15, 0.2) is 0 Å². The van der Waals surface area contributed by atoms with Crippen LogP contribution >= 0.6 is 11.5 Å². The van der Waals surface area contributed by atoms with Crippen LogP contribution in [0.3, 0.4) is 0 Å².